The normalized spacial score (nSPS) is 17.9. The van der Waals surface area contributed by atoms with Crippen molar-refractivity contribution in [1.29, 1.82) is 0 Å². The number of hydrogen-bond donors (Lipinski definition) is 9. The molecule has 3 rings (SSSR count). The minimum atomic E-state index is -1.65. The van der Waals surface area contributed by atoms with Crippen molar-refractivity contribution in [3.63, 3.8) is 0 Å². The smallest absolute Gasteiger partial charge is 0.475 e. The fraction of sp³-hybridized carbons (Fsp3) is 0.639. The van der Waals surface area contributed by atoms with Gasteiger partial charge in [-0.1, -0.05) is 6.42 Å². The van der Waals surface area contributed by atoms with E-state index in [1.807, 2.05) is 4.90 Å². The van der Waals surface area contributed by atoms with Crippen LogP contribution in [0.1, 0.15) is 55.8 Å². The number of carboxylic acid groups (broad SMARTS) is 3. The van der Waals surface area contributed by atoms with E-state index in [0.29, 0.717) is 82.6 Å². The van der Waals surface area contributed by atoms with Crippen LogP contribution in [0.3, 0.4) is 0 Å². The predicted octanol–water partition coefficient (Wildman–Crippen LogP) is -2.60. The quantitative estimate of drug-likeness (QED) is 0.0369. The van der Waals surface area contributed by atoms with Crippen molar-refractivity contribution in [3.8, 4) is 0 Å². The Bertz CT molecular complexity index is 1510. The van der Waals surface area contributed by atoms with E-state index < -0.39 is 48.8 Å². The topological polar surface area (TPSA) is 285 Å². The van der Waals surface area contributed by atoms with Crippen molar-refractivity contribution in [1.82, 2.24) is 40.6 Å². The molecule has 23 heteroatoms. The Hall–Kier alpha value is -4.35. The summed E-state index contributed by atoms with van der Waals surface area (Å²) in [5.41, 5.74) is 6.21. The molecule has 2 fully saturated rings. The first kappa shape index (κ1) is 50.8. The molecule has 0 saturated carbocycles. The van der Waals surface area contributed by atoms with E-state index in [1.54, 1.807) is 26.8 Å². The molecular formula is C36H58BCuN9O12. The molecule has 2 aliphatic rings. The first-order valence-electron chi connectivity index (χ1n) is 19.5. The molecule has 0 unspecified atom stereocenters. The molecule has 4 amide bonds. The fourth-order valence-corrected chi connectivity index (χ4v) is 6.73. The number of aliphatic carboxylic acids is 3. The number of hydrogen-bond acceptors (Lipinski definition) is 14. The molecule has 2 heterocycles. The van der Waals surface area contributed by atoms with Gasteiger partial charge in [-0.25, -0.2) is 0 Å². The molecule has 1 aromatic rings. The van der Waals surface area contributed by atoms with Gasteiger partial charge in [0.25, 0.3) is 5.91 Å². The van der Waals surface area contributed by atoms with Crippen molar-refractivity contribution < 1.29 is 76.0 Å². The van der Waals surface area contributed by atoms with Crippen LogP contribution in [-0.2, 0) is 45.8 Å². The van der Waals surface area contributed by atoms with Crippen LogP contribution in [0.2, 0.25) is 0 Å². The van der Waals surface area contributed by atoms with Crippen molar-refractivity contribution in [2.24, 2.45) is 0 Å². The molecule has 1 aromatic carbocycles. The molecule has 0 bridgehead atoms. The van der Waals surface area contributed by atoms with Gasteiger partial charge in [-0.15, -0.1) is 0 Å². The molecule has 2 saturated heterocycles. The van der Waals surface area contributed by atoms with E-state index in [0.717, 1.165) is 0 Å². The molecular weight excluding hydrogens is 825 g/mol. The van der Waals surface area contributed by atoms with Gasteiger partial charge >= 0.3 is 25.0 Å². The van der Waals surface area contributed by atoms with Crippen molar-refractivity contribution in [2.45, 2.75) is 57.4 Å². The van der Waals surface area contributed by atoms with Gasteiger partial charge < -0.3 is 40.9 Å². The SMILES string of the molecule is C[C@@H](NC(=O)c1ccc(NNC(=O)CCCCCNC(=O)CN2CCN(CC(=O)O)CCN(CC(=O)O)CCN(CC(=O)O)CC2)cc1)C(=O)N1CCC[C@H]1B(O)O.[Cu]. The van der Waals surface area contributed by atoms with Gasteiger partial charge in [0.05, 0.1) is 37.8 Å². The zero-order chi connectivity index (χ0) is 42.6. The molecule has 0 spiro atoms. The monoisotopic (exact) mass is 882 g/mol. The number of likely N-dealkylation sites (tertiary alicyclic amines) is 1. The van der Waals surface area contributed by atoms with Crippen LogP contribution in [0.4, 0.5) is 5.69 Å². The van der Waals surface area contributed by atoms with Gasteiger partial charge in [0, 0.05) is 94.5 Å². The number of hydrazine groups is 1. The number of rotatable bonds is 20. The Morgan fingerprint density at radius 1 is 0.695 bits per heavy atom. The predicted molar refractivity (Wildman–Crippen MR) is 210 cm³/mol. The molecule has 0 aromatic heterocycles. The Kier molecular flexibility index (Phi) is 23.0. The third-order valence-electron chi connectivity index (χ3n) is 9.91. The van der Waals surface area contributed by atoms with E-state index >= 15 is 0 Å². The van der Waals surface area contributed by atoms with Crippen molar-refractivity contribution >= 4 is 54.3 Å². The standard InChI is InChI=1S/C36H58BN9O12.Cu/c1-26(36(56)46-13-5-6-29(46)37(57)58)39-35(55)27-8-10-28(11-9-27)40-41-30(47)7-3-2-4-12-38-31(48)22-42-14-16-43(23-32(49)50)18-20-45(25-34(53)54)21-19-44(17-15-42)24-33(51)52;/h8-11,26,29,40,57-58H,2-7,12-25H2,1H3,(H,38,48)(H,39,55)(H,41,47)(H,49,50)(H,51,52)(H,53,54);/t26-,29+;/m1./s1. The fourth-order valence-electron chi connectivity index (χ4n) is 6.73. The van der Waals surface area contributed by atoms with Gasteiger partial charge in [-0.05, 0) is 56.9 Å². The first-order valence-corrected chi connectivity index (χ1v) is 19.5. The Labute approximate surface area is 354 Å². The average molecular weight is 883 g/mol. The van der Waals surface area contributed by atoms with Crippen LogP contribution in [0, 0.1) is 0 Å². The summed E-state index contributed by atoms with van der Waals surface area (Å²) in [7, 11) is -1.65. The molecule has 333 valence electrons. The maximum atomic E-state index is 12.9. The number of carboxylic acids is 3. The number of nitrogens with zero attached hydrogens (tertiary/aromatic N) is 5. The molecule has 2 aliphatic heterocycles. The Balaban J connectivity index is 0.0000120. The number of amides is 4. The van der Waals surface area contributed by atoms with Gasteiger partial charge in [-0.2, -0.15) is 0 Å². The summed E-state index contributed by atoms with van der Waals surface area (Å²) in [5.74, 6) is -5.18. The summed E-state index contributed by atoms with van der Waals surface area (Å²) >= 11 is 0. The van der Waals surface area contributed by atoms with E-state index in [1.165, 1.54) is 24.0 Å². The summed E-state index contributed by atoms with van der Waals surface area (Å²) in [6, 6.07) is 5.38. The van der Waals surface area contributed by atoms with Crippen LogP contribution in [-0.4, -0.2) is 202 Å². The Morgan fingerprint density at radius 2 is 1.19 bits per heavy atom. The number of benzene rings is 1. The third kappa shape index (κ3) is 19.5. The minimum absolute atomic E-state index is 0. The van der Waals surface area contributed by atoms with E-state index in [-0.39, 0.29) is 87.7 Å². The molecule has 21 nitrogen and oxygen atoms in total. The van der Waals surface area contributed by atoms with Gasteiger partial charge in [0.15, 0.2) is 0 Å². The van der Waals surface area contributed by atoms with E-state index in [2.05, 4.69) is 21.5 Å². The van der Waals surface area contributed by atoms with Crippen LogP contribution in [0.15, 0.2) is 24.3 Å². The maximum Gasteiger partial charge on any atom is 0.475 e. The number of carbonyl (C=O) groups excluding carboxylic acids is 4. The summed E-state index contributed by atoms with van der Waals surface area (Å²) < 4.78 is 0. The molecule has 1 radical (unpaired) electrons. The zero-order valence-electron chi connectivity index (χ0n) is 33.3. The molecule has 59 heavy (non-hydrogen) atoms. The summed E-state index contributed by atoms with van der Waals surface area (Å²) in [5, 5.41) is 52.7. The van der Waals surface area contributed by atoms with Crippen LogP contribution in [0.5, 0.6) is 0 Å². The van der Waals surface area contributed by atoms with Crippen molar-refractivity contribution in [2.75, 3.05) is 97.1 Å². The summed E-state index contributed by atoms with van der Waals surface area (Å²) in [4.78, 5) is 93.4. The van der Waals surface area contributed by atoms with Crippen LogP contribution in [0.25, 0.3) is 0 Å². The maximum absolute atomic E-state index is 12.9. The molecule has 0 aliphatic carbocycles. The van der Waals surface area contributed by atoms with Gasteiger partial charge in [0.2, 0.25) is 17.7 Å². The second-order valence-corrected chi connectivity index (χ2v) is 14.5. The first-order chi connectivity index (χ1) is 27.6. The Morgan fingerprint density at radius 3 is 1.66 bits per heavy atom. The van der Waals surface area contributed by atoms with Gasteiger partial charge in [-0.3, -0.25) is 64.0 Å². The van der Waals surface area contributed by atoms with E-state index in [9.17, 15) is 58.9 Å². The van der Waals surface area contributed by atoms with E-state index in [4.69, 9.17) is 0 Å². The number of carbonyl (C=O) groups is 7. The second kappa shape index (κ2) is 26.7. The average Bonchev–Trinajstić information content (AvgIpc) is 3.66. The number of nitrogens with one attached hydrogen (secondary N) is 4. The molecule has 9 N–H and O–H groups in total. The second-order valence-electron chi connectivity index (χ2n) is 14.5. The minimum Gasteiger partial charge on any atom is -0.480 e. The summed E-state index contributed by atoms with van der Waals surface area (Å²) in [6.07, 6.45) is 3.18. The summed E-state index contributed by atoms with van der Waals surface area (Å²) in [6.45, 7) is 3.97. The number of unbranched alkanes of at least 4 members (excludes halogenated alkanes) is 2. The zero-order valence-corrected chi connectivity index (χ0v) is 34.3. The molecule has 2 atom stereocenters. The largest absolute Gasteiger partial charge is 0.480 e. The van der Waals surface area contributed by atoms with Gasteiger partial charge in [0.1, 0.15) is 6.04 Å². The van der Waals surface area contributed by atoms with Crippen molar-refractivity contribution in [3.05, 3.63) is 29.8 Å². The third-order valence-corrected chi connectivity index (χ3v) is 9.91. The van der Waals surface area contributed by atoms with Crippen LogP contribution >= 0.6 is 0 Å². The van der Waals surface area contributed by atoms with Crippen LogP contribution < -0.4 is 21.5 Å². The number of anilines is 1.